The molecule has 0 bridgehead atoms. The molecule has 2 N–H and O–H groups in total. The van der Waals surface area contributed by atoms with Crippen LogP contribution in [0.25, 0.3) is 0 Å². The summed E-state index contributed by atoms with van der Waals surface area (Å²) in [4.78, 5) is 11.5. The fourth-order valence-corrected chi connectivity index (χ4v) is 5.09. The van der Waals surface area contributed by atoms with Crippen LogP contribution in [-0.2, 0) is 4.74 Å². The van der Waals surface area contributed by atoms with Gasteiger partial charge in [0.05, 0.1) is 25.3 Å². The first-order valence-corrected chi connectivity index (χ1v) is 12.2. The molecule has 7 heteroatoms. The van der Waals surface area contributed by atoms with Gasteiger partial charge in [0.15, 0.2) is 5.96 Å². The van der Waals surface area contributed by atoms with Gasteiger partial charge >= 0.3 is 0 Å². The van der Waals surface area contributed by atoms with Gasteiger partial charge in [0, 0.05) is 37.6 Å². The van der Waals surface area contributed by atoms with Crippen LogP contribution in [0.2, 0.25) is 0 Å². The van der Waals surface area contributed by atoms with E-state index >= 15 is 0 Å². The molecule has 164 valence electrons. The van der Waals surface area contributed by atoms with Crippen LogP contribution in [0.4, 0.5) is 0 Å². The van der Waals surface area contributed by atoms with Gasteiger partial charge in [0.2, 0.25) is 0 Å². The molecular formula is C22H39N5OS. The highest BCUT2D eigenvalue weighted by atomic mass is 32.1. The molecule has 0 aliphatic carbocycles. The van der Waals surface area contributed by atoms with Gasteiger partial charge in [-0.05, 0) is 50.2 Å². The zero-order chi connectivity index (χ0) is 20.5. The Labute approximate surface area is 180 Å². The summed E-state index contributed by atoms with van der Waals surface area (Å²) in [5.74, 6) is 1.60. The van der Waals surface area contributed by atoms with E-state index in [1.54, 1.807) is 0 Å². The van der Waals surface area contributed by atoms with Gasteiger partial charge in [0.1, 0.15) is 0 Å². The summed E-state index contributed by atoms with van der Waals surface area (Å²) in [7, 11) is 0. The highest BCUT2D eigenvalue weighted by molar-refractivity contribution is 7.10. The van der Waals surface area contributed by atoms with E-state index in [1.807, 2.05) is 11.3 Å². The first kappa shape index (κ1) is 22.5. The number of hydrogen-bond donors (Lipinski definition) is 2. The van der Waals surface area contributed by atoms with E-state index in [0.29, 0.717) is 12.0 Å². The number of aliphatic imine (C=N–C) groups is 1. The van der Waals surface area contributed by atoms with Gasteiger partial charge in [-0.25, -0.2) is 0 Å². The van der Waals surface area contributed by atoms with Gasteiger partial charge in [-0.1, -0.05) is 19.9 Å². The van der Waals surface area contributed by atoms with E-state index in [9.17, 15) is 0 Å². The van der Waals surface area contributed by atoms with Crippen LogP contribution < -0.4 is 10.6 Å². The topological polar surface area (TPSA) is 52.1 Å². The number of nitrogens with zero attached hydrogens (tertiary/aromatic N) is 3. The zero-order valence-corrected chi connectivity index (χ0v) is 19.2. The van der Waals surface area contributed by atoms with Gasteiger partial charge in [-0.2, -0.15) is 0 Å². The largest absolute Gasteiger partial charge is 0.374 e. The Morgan fingerprint density at radius 1 is 1.28 bits per heavy atom. The molecule has 0 aromatic carbocycles. The maximum Gasteiger partial charge on any atom is 0.191 e. The minimum atomic E-state index is 0.220. The average Bonchev–Trinajstić information content (AvgIpc) is 3.41. The minimum absolute atomic E-state index is 0.220. The lowest BCUT2D eigenvalue weighted by molar-refractivity contribution is -0.0284. The second kappa shape index (κ2) is 11.9. The molecule has 2 unspecified atom stereocenters. The highest BCUT2D eigenvalue weighted by Gasteiger charge is 2.24. The lowest BCUT2D eigenvalue weighted by atomic mass is 10.2. The van der Waals surface area contributed by atoms with Crippen LogP contribution in [0.5, 0.6) is 0 Å². The third-order valence-electron chi connectivity index (χ3n) is 5.56. The van der Waals surface area contributed by atoms with E-state index in [4.69, 9.17) is 9.73 Å². The molecule has 0 radical (unpaired) electrons. The summed E-state index contributed by atoms with van der Waals surface area (Å²) in [5.41, 5.74) is 0. The molecule has 29 heavy (non-hydrogen) atoms. The molecule has 2 atom stereocenters. The predicted octanol–water partition coefficient (Wildman–Crippen LogP) is 2.80. The number of hydrogen-bond acceptors (Lipinski definition) is 5. The first-order chi connectivity index (χ1) is 14.2. The number of ether oxygens (including phenoxy) is 1. The van der Waals surface area contributed by atoms with E-state index in [1.165, 1.54) is 30.8 Å². The number of nitrogens with one attached hydrogen (secondary N) is 2. The second-order valence-electron chi connectivity index (χ2n) is 8.52. The van der Waals surface area contributed by atoms with E-state index in [2.05, 4.69) is 58.7 Å². The second-order valence-corrected chi connectivity index (χ2v) is 9.50. The van der Waals surface area contributed by atoms with E-state index in [-0.39, 0.29) is 6.10 Å². The summed E-state index contributed by atoms with van der Waals surface area (Å²) in [6, 6.07) is 4.79. The molecule has 0 spiro atoms. The van der Waals surface area contributed by atoms with Crippen molar-refractivity contribution in [1.29, 1.82) is 0 Å². The molecule has 2 aliphatic rings. The molecule has 0 amide bonds. The van der Waals surface area contributed by atoms with Crippen LogP contribution in [0.3, 0.4) is 0 Å². The first-order valence-electron chi connectivity index (χ1n) is 11.3. The van der Waals surface area contributed by atoms with Crippen molar-refractivity contribution in [2.45, 2.75) is 45.8 Å². The van der Waals surface area contributed by atoms with Gasteiger partial charge in [-0.15, -0.1) is 11.3 Å². The molecule has 0 saturated carbocycles. The third kappa shape index (κ3) is 7.24. The average molecular weight is 422 g/mol. The summed E-state index contributed by atoms with van der Waals surface area (Å²) in [6.45, 7) is 15.5. The van der Waals surface area contributed by atoms with E-state index < -0.39 is 0 Å². The minimum Gasteiger partial charge on any atom is -0.374 e. The van der Waals surface area contributed by atoms with Crippen molar-refractivity contribution in [2.75, 3.05) is 59.0 Å². The van der Waals surface area contributed by atoms with Crippen LogP contribution in [0.1, 0.15) is 44.5 Å². The van der Waals surface area contributed by atoms with Gasteiger partial charge in [0.25, 0.3) is 0 Å². The Bertz CT molecular complexity index is 600. The zero-order valence-electron chi connectivity index (χ0n) is 18.4. The van der Waals surface area contributed by atoms with Crippen molar-refractivity contribution in [3.63, 3.8) is 0 Å². The number of rotatable bonds is 9. The molecule has 1 aromatic heterocycles. The molecule has 1 aromatic rings. The van der Waals surface area contributed by atoms with Crippen LogP contribution >= 0.6 is 11.3 Å². The summed E-state index contributed by atoms with van der Waals surface area (Å²) in [6.07, 6.45) is 2.82. The Balaban J connectivity index is 1.55. The van der Waals surface area contributed by atoms with Crippen molar-refractivity contribution in [3.8, 4) is 0 Å². The molecule has 2 saturated heterocycles. The fourth-order valence-electron chi connectivity index (χ4n) is 4.24. The Morgan fingerprint density at radius 3 is 2.79 bits per heavy atom. The van der Waals surface area contributed by atoms with Crippen molar-refractivity contribution < 1.29 is 4.74 Å². The standard InChI is InChI=1S/C22H39N5OS/c1-4-23-22(24-14-19-17-26(11-12-28-19)16-18(2)3)25-15-20(21-8-7-13-29-21)27-9-5-6-10-27/h7-8,13,18-20H,4-6,9-12,14-17H2,1-3H3,(H2,23,24,25). The smallest absolute Gasteiger partial charge is 0.191 e. The number of morpholine rings is 1. The van der Waals surface area contributed by atoms with Gasteiger partial charge in [-0.3, -0.25) is 14.8 Å². The maximum atomic E-state index is 5.99. The fraction of sp³-hybridized carbons (Fsp3) is 0.773. The number of thiophene rings is 1. The normalized spacial score (nSPS) is 22.9. The monoisotopic (exact) mass is 421 g/mol. The summed E-state index contributed by atoms with van der Waals surface area (Å²) < 4.78 is 5.99. The molecular weight excluding hydrogens is 382 g/mol. The van der Waals surface area contributed by atoms with E-state index in [0.717, 1.165) is 51.8 Å². The highest BCUT2D eigenvalue weighted by Crippen LogP contribution is 2.28. The van der Waals surface area contributed by atoms with Crippen LogP contribution in [0, 0.1) is 5.92 Å². The predicted molar refractivity (Wildman–Crippen MR) is 123 cm³/mol. The van der Waals surface area contributed by atoms with Crippen LogP contribution in [-0.4, -0.2) is 80.8 Å². The Kier molecular flexibility index (Phi) is 9.24. The number of guanidine groups is 1. The summed E-state index contributed by atoms with van der Waals surface area (Å²) >= 11 is 1.85. The Hall–Kier alpha value is -1.15. The molecule has 6 nitrogen and oxygen atoms in total. The maximum absolute atomic E-state index is 5.99. The SMILES string of the molecule is CCNC(=NCC(c1cccs1)N1CCCC1)NCC1CN(CC(C)C)CCO1. The van der Waals surface area contributed by atoms with Crippen molar-refractivity contribution >= 4 is 17.3 Å². The lowest BCUT2D eigenvalue weighted by Gasteiger charge is -2.34. The molecule has 2 aliphatic heterocycles. The lowest BCUT2D eigenvalue weighted by Crippen LogP contribution is -2.50. The van der Waals surface area contributed by atoms with Gasteiger partial charge < -0.3 is 15.4 Å². The third-order valence-corrected chi connectivity index (χ3v) is 6.54. The van der Waals surface area contributed by atoms with Crippen molar-refractivity contribution in [2.24, 2.45) is 10.9 Å². The quantitative estimate of drug-likeness (QED) is 0.474. The molecule has 2 fully saturated rings. The summed E-state index contributed by atoms with van der Waals surface area (Å²) in [5, 5.41) is 9.11. The Morgan fingerprint density at radius 2 is 2.10 bits per heavy atom. The van der Waals surface area contributed by atoms with Crippen molar-refractivity contribution in [1.82, 2.24) is 20.4 Å². The van der Waals surface area contributed by atoms with Crippen molar-refractivity contribution in [3.05, 3.63) is 22.4 Å². The van der Waals surface area contributed by atoms with Crippen LogP contribution in [0.15, 0.2) is 22.5 Å². The number of likely N-dealkylation sites (tertiary alicyclic amines) is 1. The molecule has 3 rings (SSSR count). The molecule has 3 heterocycles.